The molecular weight excluding hydrogens is 242 g/mol. The van der Waals surface area contributed by atoms with E-state index in [0.717, 1.165) is 12.3 Å². The molecule has 1 aliphatic heterocycles. The number of rotatable bonds is 4. The van der Waals surface area contributed by atoms with Crippen LogP contribution in [-0.2, 0) is 6.42 Å². The normalized spacial score (nSPS) is 19.7. The van der Waals surface area contributed by atoms with E-state index in [1.54, 1.807) is 6.26 Å². The molecular formula is C15H17NOS. The van der Waals surface area contributed by atoms with Crippen molar-refractivity contribution in [2.24, 2.45) is 0 Å². The highest BCUT2D eigenvalue weighted by Gasteiger charge is 2.22. The highest BCUT2D eigenvalue weighted by Crippen LogP contribution is 2.36. The first-order valence-corrected chi connectivity index (χ1v) is 7.22. The van der Waals surface area contributed by atoms with Crippen LogP contribution in [0.4, 0.5) is 0 Å². The van der Waals surface area contributed by atoms with Gasteiger partial charge in [0.1, 0.15) is 5.76 Å². The summed E-state index contributed by atoms with van der Waals surface area (Å²) in [6.07, 6.45) is 2.90. The molecule has 1 aromatic carbocycles. The molecule has 18 heavy (non-hydrogen) atoms. The molecule has 2 atom stereocenters. The van der Waals surface area contributed by atoms with E-state index in [-0.39, 0.29) is 6.04 Å². The van der Waals surface area contributed by atoms with Crippen molar-refractivity contribution in [1.82, 2.24) is 5.32 Å². The van der Waals surface area contributed by atoms with Crippen LogP contribution in [-0.4, -0.2) is 11.8 Å². The molecule has 1 aliphatic rings. The Morgan fingerprint density at radius 3 is 3.00 bits per heavy atom. The van der Waals surface area contributed by atoms with E-state index in [0.29, 0.717) is 5.25 Å². The smallest absolute Gasteiger partial charge is 0.120 e. The lowest BCUT2D eigenvalue weighted by atomic mass is 10.1. The first-order valence-electron chi connectivity index (χ1n) is 6.34. The zero-order valence-electron chi connectivity index (χ0n) is 10.4. The van der Waals surface area contributed by atoms with E-state index in [1.807, 2.05) is 23.9 Å². The van der Waals surface area contributed by atoms with Gasteiger partial charge in [-0.25, -0.2) is 0 Å². The minimum absolute atomic E-state index is 0.282. The third kappa shape index (κ3) is 2.47. The van der Waals surface area contributed by atoms with Crippen LogP contribution in [0.5, 0.6) is 0 Å². The maximum Gasteiger partial charge on any atom is 0.120 e. The Morgan fingerprint density at radius 2 is 2.22 bits per heavy atom. The maximum absolute atomic E-state index is 5.40. The fraction of sp³-hybridized carbons (Fsp3) is 0.333. The summed E-state index contributed by atoms with van der Waals surface area (Å²) in [6.45, 7) is 3.16. The molecule has 0 aliphatic carbocycles. The molecule has 0 amide bonds. The topological polar surface area (TPSA) is 25.2 Å². The van der Waals surface area contributed by atoms with E-state index in [4.69, 9.17) is 4.42 Å². The Morgan fingerprint density at radius 1 is 1.33 bits per heavy atom. The number of furan rings is 1. The van der Waals surface area contributed by atoms with Crippen molar-refractivity contribution in [1.29, 1.82) is 0 Å². The highest BCUT2D eigenvalue weighted by molar-refractivity contribution is 8.00. The van der Waals surface area contributed by atoms with Crippen molar-refractivity contribution in [3.63, 3.8) is 0 Å². The molecule has 1 aromatic heterocycles. The summed E-state index contributed by atoms with van der Waals surface area (Å²) in [5, 5.41) is 4.19. The lowest BCUT2D eigenvalue weighted by molar-refractivity contribution is 0.431. The van der Waals surface area contributed by atoms with Crippen LogP contribution >= 0.6 is 11.8 Å². The van der Waals surface area contributed by atoms with Crippen LogP contribution in [0.15, 0.2) is 52.0 Å². The Balaban J connectivity index is 1.54. The summed E-state index contributed by atoms with van der Waals surface area (Å²) in [6, 6.07) is 12.9. The molecule has 0 saturated heterocycles. The number of hydrogen-bond acceptors (Lipinski definition) is 3. The summed E-state index contributed by atoms with van der Waals surface area (Å²) >= 11 is 1.98. The molecule has 94 valence electrons. The number of hydrogen-bond donors (Lipinski definition) is 1. The van der Waals surface area contributed by atoms with Gasteiger partial charge in [-0.1, -0.05) is 18.2 Å². The number of fused-ring (bicyclic) bond motifs is 1. The molecule has 2 aromatic rings. The summed E-state index contributed by atoms with van der Waals surface area (Å²) in [5.74, 6) is 1.01. The van der Waals surface area contributed by atoms with Crippen molar-refractivity contribution >= 4 is 11.8 Å². The molecule has 2 heterocycles. The van der Waals surface area contributed by atoms with E-state index < -0.39 is 0 Å². The molecule has 0 spiro atoms. The van der Waals surface area contributed by atoms with E-state index >= 15 is 0 Å². The molecule has 0 bridgehead atoms. The average molecular weight is 259 g/mol. The molecule has 1 unspecified atom stereocenters. The lowest BCUT2D eigenvalue weighted by Gasteiger charge is -2.14. The fourth-order valence-electron chi connectivity index (χ4n) is 2.31. The highest BCUT2D eigenvalue weighted by atomic mass is 32.2. The van der Waals surface area contributed by atoms with Crippen molar-refractivity contribution in [2.75, 3.05) is 6.54 Å². The zero-order valence-corrected chi connectivity index (χ0v) is 11.2. The monoisotopic (exact) mass is 259 g/mol. The van der Waals surface area contributed by atoms with E-state index in [2.05, 4.69) is 36.5 Å². The third-order valence-corrected chi connectivity index (χ3v) is 4.65. The van der Waals surface area contributed by atoms with Crippen LogP contribution in [0, 0.1) is 0 Å². The first kappa shape index (κ1) is 11.9. The van der Waals surface area contributed by atoms with Gasteiger partial charge in [0.25, 0.3) is 0 Å². The average Bonchev–Trinajstić information content (AvgIpc) is 3.04. The second-order valence-corrected chi connectivity index (χ2v) is 6.04. The second kappa shape index (κ2) is 5.21. The predicted molar refractivity (Wildman–Crippen MR) is 74.9 cm³/mol. The van der Waals surface area contributed by atoms with Crippen molar-refractivity contribution in [3.05, 3.63) is 54.0 Å². The maximum atomic E-state index is 5.40. The zero-order chi connectivity index (χ0) is 12.4. The van der Waals surface area contributed by atoms with Crippen LogP contribution in [0.25, 0.3) is 0 Å². The molecule has 0 fully saturated rings. The molecule has 0 radical (unpaired) electrons. The van der Waals surface area contributed by atoms with Gasteiger partial charge in [0.2, 0.25) is 0 Å². The van der Waals surface area contributed by atoms with Gasteiger partial charge in [0.05, 0.1) is 12.3 Å². The summed E-state index contributed by atoms with van der Waals surface area (Å²) in [5.41, 5.74) is 1.49. The van der Waals surface area contributed by atoms with Crippen molar-refractivity contribution in [2.45, 2.75) is 29.5 Å². The minimum Gasteiger partial charge on any atom is -0.468 e. The van der Waals surface area contributed by atoms with Gasteiger partial charge in [-0.3, -0.25) is 0 Å². The summed E-state index contributed by atoms with van der Waals surface area (Å²) in [7, 11) is 0. The fourth-order valence-corrected chi connectivity index (χ4v) is 3.58. The van der Waals surface area contributed by atoms with Gasteiger partial charge in [-0.15, -0.1) is 11.8 Å². The molecule has 3 heteroatoms. The van der Waals surface area contributed by atoms with Crippen LogP contribution < -0.4 is 5.32 Å². The van der Waals surface area contributed by atoms with Crippen LogP contribution in [0.2, 0.25) is 0 Å². The lowest BCUT2D eigenvalue weighted by Crippen LogP contribution is -2.26. The van der Waals surface area contributed by atoms with Gasteiger partial charge < -0.3 is 9.73 Å². The van der Waals surface area contributed by atoms with Gasteiger partial charge in [-0.05, 0) is 37.1 Å². The Bertz CT molecular complexity index is 484. The predicted octanol–water partition coefficient (Wildman–Crippen LogP) is 3.65. The minimum atomic E-state index is 0.282. The largest absolute Gasteiger partial charge is 0.468 e. The van der Waals surface area contributed by atoms with Gasteiger partial charge >= 0.3 is 0 Å². The van der Waals surface area contributed by atoms with Crippen LogP contribution in [0.3, 0.4) is 0 Å². The Kier molecular flexibility index (Phi) is 3.43. The quantitative estimate of drug-likeness (QED) is 0.907. The number of nitrogens with one attached hydrogen (secondary N) is 1. The molecule has 2 nitrogen and oxygen atoms in total. The Hall–Kier alpha value is -1.19. The molecule has 3 rings (SSSR count). The van der Waals surface area contributed by atoms with Crippen LogP contribution in [0.1, 0.15) is 24.3 Å². The SMILES string of the molecule is C[C@@H](NCC1Cc2ccccc2S1)c1ccco1. The molecule has 1 N–H and O–H groups in total. The second-order valence-electron chi connectivity index (χ2n) is 4.70. The summed E-state index contributed by atoms with van der Waals surface area (Å²) < 4.78 is 5.40. The van der Waals surface area contributed by atoms with Gasteiger partial charge in [-0.2, -0.15) is 0 Å². The molecule has 0 saturated carbocycles. The first-order chi connectivity index (χ1) is 8.83. The standard InChI is InChI=1S/C15H17NOS/c1-11(14-6-4-8-17-14)16-10-13-9-12-5-2-3-7-15(12)18-13/h2-8,11,13,16H,9-10H2,1H3/t11-,13?/m1/s1. The van der Waals surface area contributed by atoms with E-state index in [1.165, 1.54) is 16.9 Å². The van der Waals surface area contributed by atoms with Gasteiger partial charge in [0, 0.05) is 16.7 Å². The summed E-state index contributed by atoms with van der Waals surface area (Å²) in [4.78, 5) is 1.44. The Labute approximate surface area is 112 Å². The number of thioether (sulfide) groups is 1. The van der Waals surface area contributed by atoms with Crippen molar-refractivity contribution in [3.8, 4) is 0 Å². The third-order valence-electron chi connectivity index (χ3n) is 3.34. The van der Waals surface area contributed by atoms with Gasteiger partial charge in [0.15, 0.2) is 0 Å². The van der Waals surface area contributed by atoms with Crippen molar-refractivity contribution < 1.29 is 4.42 Å². The number of benzene rings is 1. The van der Waals surface area contributed by atoms with E-state index in [9.17, 15) is 0 Å².